The summed E-state index contributed by atoms with van der Waals surface area (Å²) in [4.78, 5) is 4.42. The number of hydrogen-bond acceptors (Lipinski definition) is 3. The fraction of sp³-hybridized carbons (Fsp3) is 0.471. The number of nitrogens with one attached hydrogen (secondary N) is 1. The SMILES string of the molecule is CCc1nc(Cl)c2n1CCNC2CCc1cc(F)c(OC)c(F)c1. The maximum Gasteiger partial charge on any atom is 0.190 e. The van der Waals surface area contributed by atoms with E-state index in [2.05, 4.69) is 14.9 Å². The molecule has 0 amide bonds. The Morgan fingerprint density at radius 3 is 2.71 bits per heavy atom. The monoisotopic (exact) mass is 355 g/mol. The van der Waals surface area contributed by atoms with Crippen LogP contribution in [0.3, 0.4) is 0 Å². The fourth-order valence-corrected chi connectivity index (χ4v) is 3.61. The topological polar surface area (TPSA) is 39.1 Å². The standard InChI is InChI=1S/C17H20ClF2N3O/c1-3-14-22-17(18)15-13(21-6-7-23(14)15)5-4-10-8-11(19)16(24-2)12(20)9-10/h8-9,13,21H,3-7H2,1-2H3. The maximum atomic E-state index is 13.8. The van der Waals surface area contributed by atoms with Crippen LogP contribution in [-0.4, -0.2) is 23.2 Å². The Labute approximate surface area is 144 Å². The minimum atomic E-state index is -0.680. The summed E-state index contributed by atoms with van der Waals surface area (Å²) in [6, 6.07) is 2.66. The summed E-state index contributed by atoms with van der Waals surface area (Å²) in [7, 11) is 1.25. The van der Waals surface area contributed by atoms with Gasteiger partial charge in [-0.3, -0.25) is 0 Å². The Morgan fingerprint density at radius 2 is 2.08 bits per heavy atom. The lowest BCUT2D eigenvalue weighted by molar-refractivity contribution is 0.358. The average Bonchev–Trinajstić information content (AvgIpc) is 2.89. The molecular weight excluding hydrogens is 336 g/mol. The van der Waals surface area contributed by atoms with Gasteiger partial charge in [0.05, 0.1) is 18.8 Å². The van der Waals surface area contributed by atoms with Crippen molar-refractivity contribution in [1.29, 1.82) is 0 Å². The van der Waals surface area contributed by atoms with Crippen LogP contribution in [0.2, 0.25) is 5.15 Å². The lowest BCUT2D eigenvalue weighted by atomic mass is 10.0. The van der Waals surface area contributed by atoms with Gasteiger partial charge in [0.15, 0.2) is 22.5 Å². The molecule has 0 saturated heterocycles. The molecule has 1 aromatic heterocycles. The number of nitrogens with zero attached hydrogens (tertiary/aromatic N) is 2. The summed E-state index contributed by atoms with van der Waals surface area (Å²) in [6.45, 7) is 3.70. The lowest BCUT2D eigenvalue weighted by Crippen LogP contribution is -2.34. The first-order chi connectivity index (χ1) is 11.5. The van der Waals surface area contributed by atoms with Gasteiger partial charge in [-0.1, -0.05) is 18.5 Å². The molecule has 1 unspecified atom stereocenters. The molecule has 4 nitrogen and oxygen atoms in total. The molecule has 0 aliphatic carbocycles. The van der Waals surface area contributed by atoms with Crippen molar-refractivity contribution in [1.82, 2.24) is 14.9 Å². The second-order valence-corrected chi connectivity index (χ2v) is 6.21. The van der Waals surface area contributed by atoms with Crippen LogP contribution in [0.1, 0.15) is 36.5 Å². The first-order valence-corrected chi connectivity index (χ1v) is 8.43. The normalized spacial score (nSPS) is 17.0. The average molecular weight is 356 g/mol. The van der Waals surface area contributed by atoms with Gasteiger partial charge in [-0.15, -0.1) is 0 Å². The number of methoxy groups -OCH3 is 1. The summed E-state index contributed by atoms with van der Waals surface area (Å²) in [6.07, 6.45) is 2.03. The molecule has 1 aromatic carbocycles. The summed E-state index contributed by atoms with van der Waals surface area (Å²) in [5.41, 5.74) is 1.56. The minimum absolute atomic E-state index is 0.0206. The molecule has 0 radical (unpaired) electrons. The summed E-state index contributed by atoms with van der Waals surface area (Å²) >= 11 is 6.30. The van der Waals surface area contributed by atoms with Gasteiger partial charge >= 0.3 is 0 Å². The van der Waals surface area contributed by atoms with Gasteiger partial charge in [0, 0.05) is 19.5 Å². The van der Waals surface area contributed by atoms with E-state index in [1.807, 2.05) is 6.92 Å². The summed E-state index contributed by atoms with van der Waals surface area (Å²) < 4.78 is 34.5. The van der Waals surface area contributed by atoms with Crippen LogP contribution in [0, 0.1) is 11.6 Å². The number of imidazole rings is 1. The van der Waals surface area contributed by atoms with Crippen molar-refractivity contribution in [3.63, 3.8) is 0 Å². The predicted octanol–water partition coefficient (Wildman–Crippen LogP) is 3.66. The fourth-order valence-electron chi connectivity index (χ4n) is 3.28. The zero-order valence-corrected chi connectivity index (χ0v) is 14.5. The van der Waals surface area contributed by atoms with E-state index in [-0.39, 0.29) is 11.8 Å². The van der Waals surface area contributed by atoms with Crippen LogP contribution >= 0.6 is 11.6 Å². The Morgan fingerprint density at radius 1 is 1.38 bits per heavy atom. The van der Waals surface area contributed by atoms with Crippen LogP contribution < -0.4 is 10.1 Å². The molecule has 3 rings (SSSR count). The Balaban J connectivity index is 1.78. The Hall–Kier alpha value is -1.66. The van der Waals surface area contributed by atoms with Crippen LogP contribution in [0.5, 0.6) is 5.75 Å². The molecule has 2 heterocycles. The van der Waals surface area contributed by atoms with E-state index in [1.54, 1.807) is 0 Å². The van der Waals surface area contributed by atoms with E-state index in [1.165, 1.54) is 19.2 Å². The van der Waals surface area contributed by atoms with Gasteiger partial charge in [0.1, 0.15) is 5.82 Å². The largest absolute Gasteiger partial charge is 0.491 e. The number of fused-ring (bicyclic) bond motifs is 1. The van der Waals surface area contributed by atoms with E-state index in [9.17, 15) is 8.78 Å². The molecule has 0 bridgehead atoms. The number of benzene rings is 1. The van der Waals surface area contributed by atoms with E-state index < -0.39 is 11.6 Å². The third-order valence-electron chi connectivity index (χ3n) is 4.40. The van der Waals surface area contributed by atoms with Crippen LogP contribution in [0.25, 0.3) is 0 Å². The van der Waals surface area contributed by atoms with Crippen LogP contribution in [0.15, 0.2) is 12.1 Å². The zero-order chi connectivity index (χ0) is 17.3. The highest BCUT2D eigenvalue weighted by molar-refractivity contribution is 6.30. The number of aromatic nitrogens is 2. The van der Waals surface area contributed by atoms with Crippen LogP contribution in [-0.2, 0) is 19.4 Å². The Kier molecular flexibility index (Phi) is 5.06. The first kappa shape index (κ1) is 17.2. The van der Waals surface area contributed by atoms with Crippen molar-refractivity contribution < 1.29 is 13.5 Å². The molecule has 24 heavy (non-hydrogen) atoms. The highest BCUT2D eigenvalue weighted by Gasteiger charge is 2.26. The van der Waals surface area contributed by atoms with E-state index in [0.717, 1.165) is 31.0 Å². The molecule has 0 spiro atoms. The number of rotatable bonds is 5. The molecule has 0 saturated carbocycles. The maximum absolute atomic E-state index is 13.8. The van der Waals surface area contributed by atoms with Crippen molar-refractivity contribution in [3.8, 4) is 5.75 Å². The second-order valence-electron chi connectivity index (χ2n) is 5.85. The molecule has 0 fully saturated rings. The second kappa shape index (κ2) is 7.07. The van der Waals surface area contributed by atoms with Gasteiger partial charge in [0.2, 0.25) is 0 Å². The van der Waals surface area contributed by atoms with Gasteiger partial charge in [-0.05, 0) is 30.5 Å². The van der Waals surface area contributed by atoms with Gasteiger partial charge in [0.25, 0.3) is 0 Å². The van der Waals surface area contributed by atoms with E-state index in [4.69, 9.17) is 16.3 Å². The van der Waals surface area contributed by atoms with Gasteiger partial charge in [-0.2, -0.15) is 0 Å². The highest BCUT2D eigenvalue weighted by atomic mass is 35.5. The zero-order valence-electron chi connectivity index (χ0n) is 13.7. The summed E-state index contributed by atoms with van der Waals surface area (Å²) in [5.74, 6) is -0.729. The van der Waals surface area contributed by atoms with Crippen molar-refractivity contribution >= 4 is 11.6 Å². The van der Waals surface area contributed by atoms with E-state index in [0.29, 0.717) is 23.6 Å². The minimum Gasteiger partial charge on any atom is -0.491 e. The Bertz CT molecular complexity index is 725. The number of halogens is 3. The number of ether oxygens (including phenoxy) is 1. The third kappa shape index (κ3) is 3.13. The lowest BCUT2D eigenvalue weighted by Gasteiger charge is -2.27. The highest BCUT2D eigenvalue weighted by Crippen LogP contribution is 2.31. The number of aryl methyl sites for hydroxylation is 2. The quantitative estimate of drug-likeness (QED) is 0.889. The molecule has 1 aliphatic heterocycles. The number of hydrogen-bond donors (Lipinski definition) is 1. The van der Waals surface area contributed by atoms with Crippen molar-refractivity contribution in [3.05, 3.63) is 46.0 Å². The summed E-state index contributed by atoms with van der Waals surface area (Å²) in [5, 5.41) is 3.93. The molecule has 7 heteroatoms. The smallest absolute Gasteiger partial charge is 0.190 e. The molecule has 1 aliphatic rings. The molecular formula is C17H20ClF2N3O. The van der Waals surface area contributed by atoms with Crippen molar-refractivity contribution in [2.24, 2.45) is 0 Å². The van der Waals surface area contributed by atoms with Gasteiger partial charge < -0.3 is 14.6 Å². The van der Waals surface area contributed by atoms with Crippen molar-refractivity contribution in [2.45, 2.75) is 38.8 Å². The third-order valence-corrected chi connectivity index (χ3v) is 4.68. The van der Waals surface area contributed by atoms with Crippen LogP contribution in [0.4, 0.5) is 8.78 Å². The molecule has 1 atom stereocenters. The van der Waals surface area contributed by atoms with Crippen molar-refractivity contribution in [2.75, 3.05) is 13.7 Å². The first-order valence-electron chi connectivity index (χ1n) is 8.05. The van der Waals surface area contributed by atoms with Gasteiger partial charge in [-0.25, -0.2) is 13.8 Å². The molecule has 1 N–H and O–H groups in total. The molecule has 2 aromatic rings. The predicted molar refractivity (Wildman–Crippen MR) is 88.6 cm³/mol. The van der Waals surface area contributed by atoms with E-state index >= 15 is 0 Å². The molecule has 130 valence electrons.